The molecule has 0 spiro atoms. The maximum Gasteiger partial charge on any atom is 0.124 e. The van der Waals surface area contributed by atoms with E-state index in [0.717, 1.165) is 26.7 Å². The molecule has 0 aliphatic heterocycles. The monoisotopic (exact) mass is 364 g/mol. The number of likely N-dealkylation sites (N-methyl/N-ethyl adjacent to an activating group) is 1. The highest BCUT2D eigenvalue weighted by molar-refractivity contribution is 9.10. The third-order valence-electron chi connectivity index (χ3n) is 3.39. The molecular formula is C16H14BrFN2S. The summed E-state index contributed by atoms with van der Waals surface area (Å²) >= 11 is 5.02. The van der Waals surface area contributed by atoms with Gasteiger partial charge in [-0.2, -0.15) is 0 Å². The van der Waals surface area contributed by atoms with Crippen LogP contribution in [-0.4, -0.2) is 12.0 Å². The van der Waals surface area contributed by atoms with Crippen molar-refractivity contribution in [2.75, 3.05) is 7.05 Å². The van der Waals surface area contributed by atoms with E-state index in [4.69, 9.17) is 0 Å². The lowest BCUT2D eigenvalue weighted by molar-refractivity contribution is 0.594. The summed E-state index contributed by atoms with van der Waals surface area (Å²) in [6.07, 6.45) is 2.61. The van der Waals surface area contributed by atoms with E-state index in [-0.39, 0.29) is 11.9 Å². The predicted octanol–water partition coefficient (Wildman–Crippen LogP) is 4.70. The maximum atomic E-state index is 13.3. The lowest BCUT2D eigenvalue weighted by atomic mass is 10.1. The van der Waals surface area contributed by atoms with E-state index in [1.807, 2.05) is 31.4 Å². The van der Waals surface area contributed by atoms with E-state index in [9.17, 15) is 4.39 Å². The Labute approximate surface area is 135 Å². The number of pyridine rings is 1. The third kappa shape index (κ3) is 3.31. The van der Waals surface area contributed by atoms with Gasteiger partial charge in [0.25, 0.3) is 0 Å². The Kier molecular flexibility index (Phi) is 4.33. The Bertz CT molecular complexity index is 755. The van der Waals surface area contributed by atoms with Gasteiger partial charge < -0.3 is 5.32 Å². The first-order valence-electron chi connectivity index (χ1n) is 6.62. The Balaban J connectivity index is 1.88. The van der Waals surface area contributed by atoms with Gasteiger partial charge in [-0.15, -0.1) is 11.3 Å². The molecule has 5 heteroatoms. The molecule has 0 bridgehead atoms. The summed E-state index contributed by atoms with van der Waals surface area (Å²) in [4.78, 5) is 5.61. The van der Waals surface area contributed by atoms with Gasteiger partial charge >= 0.3 is 0 Å². The minimum Gasteiger partial charge on any atom is -0.312 e. The number of fused-ring (bicyclic) bond motifs is 1. The van der Waals surface area contributed by atoms with Crippen molar-refractivity contribution in [3.05, 3.63) is 63.5 Å². The molecule has 2 heterocycles. The van der Waals surface area contributed by atoms with Crippen LogP contribution in [0.1, 0.15) is 16.6 Å². The number of hydrogen-bond donors (Lipinski definition) is 1. The Morgan fingerprint density at radius 3 is 2.86 bits per heavy atom. The smallest absolute Gasteiger partial charge is 0.124 e. The quantitative estimate of drug-likeness (QED) is 0.725. The molecule has 0 aliphatic carbocycles. The zero-order valence-corrected chi connectivity index (χ0v) is 13.8. The molecule has 0 radical (unpaired) electrons. The molecule has 1 unspecified atom stereocenters. The van der Waals surface area contributed by atoms with E-state index >= 15 is 0 Å². The molecule has 0 amide bonds. The second-order valence-corrected chi connectivity index (χ2v) is 6.88. The first-order valence-corrected chi connectivity index (χ1v) is 8.23. The minimum atomic E-state index is -0.188. The van der Waals surface area contributed by atoms with Crippen LogP contribution in [-0.2, 0) is 6.42 Å². The zero-order chi connectivity index (χ0) is 14.8. The largest absolute Gasteiger partial charge is 0.312 e. The average Bonchev–Trinajstić information content (AvgIpc) is 2.89. The molecule has 2 aromatic heterocycles. The van der Waals surface area contributed by atoms with Crippen LogP contribution >= 0.6 is 27.3 Å². The second-order valence-electron chi connectivity index (χ2n) is 4.84. The normalized spacial score (nSPS) is 12.7. The van der Waals surface area contributed by atoms with E-state index in [0.29, 0.717) is 0 Å². The molecular weight excluding hydrogens is 351 g/mol. The minimum absolute atomic E-state index is 0.180. The number of nitrogens with one attached hydrogen (secondary N) is 1. The Morgan fingerprint density at radius 2 is 2.14 bits per heavy atom. The van der Waals surface area contributed by atoms with Gasteiger partial charge in [-0.25, -0.2) is 4.39 Å². The predicted molar refractivity (Wildman–Crippen MR) is 89.2 cm³/mol. The van der Waals surface area contributed by atoms with Gasteiger partial charge in [-0.3, -0.25) is 4.98 Å². The van der Waals surface area contributed by atoms with Crippen LogP contribution in [0.25, 0.3) is 10.1 Å². The summed E-state index contributed by atoms with van der Waals surface area (Å²) in [6.45, 7) is 0. The molecule has 1 aromatic carbocycles. The summed E-state index contributed by atoms with van der Waals surface area (Å²) < 4.78 is 15.2. The van der Waals surface area contributed by atoms with Gasteiger partial charge in [0.05, 0.1) is 0 Å². The topological polar surface area (TPSA) is 24.9 Å². The van der Waals surface area contributed by atoms with Gasteiger partial charge in [-0.1, -0.05) is 6.07 Å². The number of aromatic nitrogens is 1. The van der Waals surface area contributed by atoms with Crippen molar-refractivity contribution in [3.8, 4) is 0 Å². The van der Waals surface area contributed by atoms with Gasteiger partial charge in [0.15, 0.2) is 0 Å². The fourth-order valence-corrected chi connectivity index (χ4v) is 3.71. The molecule has 1 atom stereocenters. The summed E-state index contributed by atoms with van der Waals surface area (Å²) in [6, 6.07) is 11.2. The molecule has 3 aromatic rings. The van der Waals surface area contributed by atoms with E-state index in [2.05, 4.69) is 32.3 Å². The van der Waals surface area contributed by atoms with Gasteiger partial charge in [0.2, 0.25) is 0 Å². The van der Waals surface area contributed by atoms with Crippen molar-refractivity contribution >= 4 is 37.4 Å². The van der Waals surface area contributed by atoms with Crippen molar-refractivity contribution in [3.63, 3.8) is 0 Å². The van der Waals surface area contributed by atoms with E-state index in [1.165, 1.54) is 10.9 Å². The molecule has 2 nitrogen and oxygen atoms in total. The summed E-state index contributed by atoms with van der Waals surface area (Å²) in [7, 11) is 1.94. The van der Waals surface area contributed by atoms with Crippen molar-refractivity contribution in [2.24, 2.45) is 0 Å². The van der Waals surface area contributed by atoms with Crippen LogP contribution < -0.4 is 5.32 Å². The standard InChI is InChI=1S/C16H14BrFN2S/c1-19-14(8-13-5-3-11(17)9-20-13)16-6-10-2-4-12(18)7-15(10)21-16/h2-7,9,14,19H,8H2,1H3. The lowest BCUT2D eigenvalue weighted by Gasteiger charge is -2.13. The fourth-order valence-electron chi connectivity index (χ4n) is 2.28. The molecule has 0 aliphatic rings. The average molecular weight is 365 g/mol. The molecule has 0 saturated heterocycles. The van der Waals surface area contributed by atoms with E-state index in [1.54, 1.807) is 17.4 Å². The molecule has 0 saturated carbocycles. The number of nitrogens with zero attached hydrogens (tertiary/aromatic N) is 1. The van der Waals surface area contributed by atoms with Crippen LogP contribution in [0.3, 0.4) is 0 Å². The van der Waals surface area contributed by atoms with Crippen LogP contribution in [0, 0.1) is 5.82 Å². The summed E-state index contributed by atoms with van der Waals surface area (Å²) in [5, 5.41) is 4.41. The van der Waals surface area contributed by atoms with Gasteiger partial charge in [0.1, 0.15) is 5.82 Å². The third-order valence-corrected chi connectivity index (χ3v) is 5.08. The highest BCUT2D eigenvalue weighted by Gasteiger charge is 2.14. The summed E-state index contributed by atoms with van der Waals surface area (Å²) in [5.74, 6) is -0.188. The van der Waals surface area contributed by atoms with Crippen LogP contribution in [0.4, 0.5) is 4.39 Å². The number of hydrogen-bond acceptors (Lipinski definition) is 3. The number of benzene rings is 1. The first-order chi connectivity index (χ1) is 10.2. The SMILES string of the molecule is CNC(Cc1ccc(Br)cn1)c1cc2ccc(F)cc2s1. The van der Waals surface area contributed by atoms with Crippen molar-refractivity contribution in [2.45, 2.75) is 12.5 Å². The molecule has 3 rings (SSSR count). The van der Waals surface area contributed by atoms with Crippen molar-refractivity contribution < 1.29 is 4.39 Å². The van der Waals surface area contributed by atoms with Gasteiger partial charge in [-0.05, 0) is 58.7 Å². The lowest BCUT2D eigenvalue weighted by Crippen LogP contribution is -2.18. The van der Waals surface area contributed by atoms with Crippen molar-refractivity contribution in [1.82, 2.24) is 10.3 Å². The summed E-state index contributed by atoms with van der Waals surface area (Å²) in [5.41, 5.74) is 1.03. The number of halogens is 2. The van der Waals surface area contributed by atoms with Crippen LogP contribution in [0.5, 0.6) is 0 Å². The van der Waals surface area contributed by atoms with Crippen molar-refractivity contribution in [1.29, 1.82) is 0 Å². The fraction of sp³-hybridized carbons (Fsp3) is 0.188. The molecule has 1 N–H and O–H groups in total. The van der Waals surface area contributed by atoms with Gasteiger partial charge in [0, 0.05) is 38.4 Å². The molecule has 0 fully saturated rings. The Hall–Kier alpha value is -1.30. The zero-order valence-electron chi connectivity index (χ0n) is 11.4. The maximum absolute atomic E-state index is 13.3. The van der Waals surface area contributed by atoms with Crippen LogP contribution in [0.2, 0.25) is 0 Å². The number of thiophene rings is 1. The highest BCUT2D eigenvalue weighted by atomic mass is 79.9. The van der Waals surface area contributed by atoms with Crippen LogP contribution in [0.15, 0.2) is 47.1 Å². The second kappa shape index (κ2) is 6.22. The Morgan fingerprint density at radius 1 is 1.29 bits per heavy atom. The molecule has 108 valence electrons. The van der Waals surface area contributed by atoms with E-state index < -0.39 is 0 Å². The number of rotatable bonds is 4. The molecule has 21 heavy (non-hydrogen) atoms. The first kappa shape index (κ1) is 14.6. The highest BCUT2D eigenvalue weighted by Crippen LogP contribution is 2.31.